The topological polar surface area (TPSA) is 56.3 Å². The van der Waals surface area contributed by atoms with E-state index in [2.05, 4.69) is 41.1 Å². The SMILES string of the molecule is CC[C@@H]1CCCN2CC(CCC(=O)O)c3c([nH]c4ccccc34)C12. The molecule has 2 N–H and O–H groups in total. The van der Waals surface area contributed by atoms with Gasteiger partial charge in [-0.15, -0.1) is 0 Å². The summed E-state index contributed by atoms with van der Waals surface area (Å²) in [6.07, 6.45) is 4.74. The Morgan fingerprint density at radius 3 is 3.00 bits per heavy atom. The zero-order chi connectivity index (χ0) is 16.7. The van der Waals surface area contributed by atoms with E-state index in [1.165, 1.54) is 41.4 Å². The lowest BCUT2D eigenvalue weighted by Gasteiger charge is -2.46. The Labute approximate surface area is 142 Å². The number of H-pyrrole nitrogens is 1. The molecule has 128 valence electrons. The van der Waals surface area contributed by atoms with E-state index in [0.29, 0.717) is 17.9 Å². The van der Waals surface area contributed by atoms with Crippen LogP contribution in [-0.4, -0.2) is 34.0 Å². The third-order valence-electron chi connectivity index (χ3n) is 6.03. The molecule has 0 bridgehead atoms. The highest BCUT2D eigenvalue weighted by Gasteiger charge is 2.40. The van der Waals surface area contributed by atoms with Gasteiger partial charge < -0.3 is 10.1 Å². The van der Waals surface area contributed by atoms with Crippen LogP contribution in [0.1, 0.15) is 62.2 Å². The minimum absolute atomic E-state index is 0.249. The number of fused-ring (bicyclic) bond motifs is 5. The monoisotopic (exact) mass is 326 g/mol. The normalized spacial score (nSPS) is 27.0. The molecule has 4 rings (SSSR count). The van der Waals surface area contributed by atoms with Gasteiger partial charge >= 0.3 is 5.97 Å². The Balaban J connectivity index is 1.81. The molecule has 24 heavy (non-hydrogen) atoms. The number of carbonyl (C=O) groups is 1. The predicted molar refractivity (Wildman–Crippen MR) is 95.2 cm³/mol. The molecule has 1 saturated heterocycles. The van der Waals surface area contributed by atoms with Crippen molar-refractivity contribution < 1.29 is 9.90 Å². The summed E-state index contributed by atoms with van der Waals surface area (Å²) in [4.78, 5) is 17.4. The second-order valence-corrected chi connectivity index (χ2v) is 7.38. The predicted octanol–water partition coefficient (Wildman–Crippen LogP) is 4.29. The van der Waals surface area contributed by atoms with Crippen LogP contribution in [0, 0.1) is 5.92 Å². The number of hydrogen-bond donors (Lipinski definition) is 2. The average Bonchev–Trinajstić information content (AvgIpc) is 2.98. The molecule has 4 nitrogen and oxygen atoms in total. The molecule has 0 radical (unpaired) electrons. The van der Waals surface area contributed by atoms with Gasteiger partial charge in [-0.05, 0) is 49.3 Å². The van der Waals surface area contributed by atoms with Gasteiger partial charge in [-0.3, -0.25) is 9.69 Å². The molecule has 2 aliphatic heterocycles. The average molecular weight is 326 g/mol. The van der Waals surface area contributed by atoms with Gasteiger partial charge in [0.05, 0.1) is 6.04 Å². The maximum atomic E-state index is 11.1. The number of nitrogens with zero attached hydrogens (tertiary/aromatic N) is 1. The fourth-order valence-electron chi connectivity index (χ4n) is 4.97. The third kappa shape index (κ3) is 2.53. The van der Waals surface area contributed by atoms with E-state index in [1.54, 1.807) is 0 Å². The molecule has 2 aromatic rings. The number of para-hydroxylation sites is 1. The first-order valence-electron chi connectivity index (χ1n) is 9.25. The van der Waals surface area contributed by atoms with Crippen LogP contribution < -0.4 is 0 Å². The molecular weight excluding hydrogens is 300 g/mol. The Hall–Kier alpha value is -1.81. The fourth-order valence-corrected chi connectivity index (χ4v) is 4.97. The minimum Gasteiger partial charge on any atom is -0.481 e. The first-order valence-corrected chi connectivity index (χ1v) is 9.25. The summed E-state index contributed by atoms with van der Waals surface area (Å²) in [6, 6.07) is 8.99. The number of benzene rings is 1. The van der Waals surface area contributed by atoms with Gasteiger partial charge in [-0.2, -0.15) is 0 Å². The molecule has 1 aromatic heterocycles. The maximum Gasteiger partial charge on any atom is 0.303 e. The highest BCUT2D eigenvalue weighted by Crippen LogP contribution is 2.48. The van der Waals surface area contributed by atoms with Gasteiger partial charge in [0.2, 0.25) is 0 Å². The largest absolute Gasteiger partial charge is 0.481 e. The summed E-state index contributed by atoms with van der Waals surface area (Å²) in [6.45, 7) is 4.44. The van der Waals surface area contributed by atoms with Crippen molar-refractivity contribution in [3.63, 3.8) is 0 Å². The second-order valence-electron chi connectivity index (χ2n) is 7.38. The molecule has 0 amide bonds. The number of aromatic nitrogens is 1. The van der Waals surface area contributed by atoms with E-state index in [0.717, 1.165) is 19.5 Å². The second kappa shape index (κ2) is 6.25. The van der Waals surface area contributed by atoms with Gasteiger partial charge in [0, 0.05) is 29.6 Å². The van der Waals surface area contributed by atoms with Gasteiger partial charge in [-0.1, -0.05) is 31.5 Å². The summed E-state index contributed by atoms with van der Waals surface area (Å²) >= 11 is 0. The molecular formula is C20H26N2O2. The smallest absolute Gasteiger partial charge is 0.303 e. The Morgan fingerprint density at radius 2 is 2.21 bits per heavy atom. The lowest BCUT2D eigenvalue weighted by molar-refractivity contribution is -0.137. The molecule has 3 atom stereocenters. The number of carboxylic acid groups (broad SMARTS) is 1. The van der Waals surface area contributed by atoms with Crippen LogP contribution in [0.25, 0.3) is 10.9 Å². The zero-order valence-electron chi connectivity index (χ0n) is 14.3. The minimum atomic E-state index is -0.691. The van der Waals surface area contributed by atoms with Gasteiger partial charge in [-0.25, -0.2) is 0 Å². The van der Waals surface area contributed by atoms with E-state index in [-0.39, 0.29) is 6.42 Å². The summed E-state index contributed by atoms with van der Waals surface area (Å²) in [5.41, 5.74) is 3.96. The molecule has 1 fully saturated rings. The van der Waals surface area contributed by atoms with Crippen molar-refractivity contribution in [2.24, 2.45) is 5.92 Å². The van der Waals surface area contributed by atoms with Gasteiger partial charge in [0.1, 0.15) is 0 Å². The van der Waals surface area contributed by atoms with Crippen LogP contribution in [0.3, 0.4) is 0 Å². The summed E-state index contributed by atoms with van der Waals surface area (Å²) < 4.78 is 0. The van der Waals surface area contributed by atoms with E-state index < -0.39 is 5.97 Å². The van der Waals surface area contributed by atoms with Gasteiger partial charge in [0.15, 0.2) is 0 Å². The van der Waals surface area contributed by atoms with E-state index >= 15 is 0 Å². The van der Waals surface area contributed by atoms with Crippen molar-refractivity contribution in [2.45, 2.75) is 51.0 Å². The lowest BCUT2D eigenvalue weighted by Crippen LogP contribution is -2.44. The molecule has 2 aliphatic rings. The summed E-state index contributed by atoms with van der Waals surface area (Å²) in [5, 5.41) is 10.4. The fraction of sp³-hybridized carbons (Fsp3) is 0.550. The van der Waals surface area contributed by atoms with Crippen LogP contribution >= 0.6 is 0 Å². The summed E-state index contributed by atoms with van der Waals surface area (Å²) in [5.74, 6) is 0.327. The van der Waals surface area contributed by atoms with Crippen molar-refractivity contribution in [2.75, 3.05) is 13.1 Å². The van der Waals surface area contributed by atoms with Crippen LogP contribution in [0.5, 0.6) is 0 Å². The van der Waals surface area contributed by atoms with Crippen molar-refractivity contribution in [1.29, 1.82) is 0 Å². The molecule has 1 aromatic carbocycles. The lowest BCUT2D eigenvalue weighted by atomic mass is 9.77. The van der Waals surface area contributed by atoms with Crippen molar-refractivity contribution in [3.05, 3.63) is 35.5 Å². The molecule has 0 spiro atoms. The Bertz CT molecular complexity index is 751. The van der Waals surface area contributed by atoms with Crippen LogP contribution in [0.4, 0.5) is 0 Å². The van der Waals surface area contributed by atoms with Gasteiger partial charge in [0.25, 0.3) is 0 Å². The van der Waals surface area contributed by atoms with Crippen molar-refractivity contribution in [3.8, 4) is 0 Å². The molecule has 0 aliphatic carbocycles. The van der Waals surface area contributed by atoms with Crippen molar-refractivity contribution in [1.82, 2.24) is 9.88 Å². The number of aromatic amines is 1. The number of carboxylic acids is 1. The number of nitrogens with one attached hydrogen (secondary N) is 1. The molecule has 4 heteroatoms. The maximum absolute atomic E-state index is 11.1. The van der Waals surface area contributed by atoms with E-state index in [1.807, 2.05) is 0 Å². The third-order valence-corrected chi connectivity index (χ3v) is 6.03. The number of rotatable bonds is 4. The van der Waals surface area contributed by atoms with E-state index in [4.69, 9.17) is 5.11 Å². The van der Waals surface area contributed by atoms with E-state index in [9.17, 15) is 4.79 Å². The zero-order valence-corrected chi connectivity index (χ0v) is 14.3. The molecule has 0 saturated carbocycles. The Morgan fingerprint density at radius 1 is 1.38 bits per heavy atom. The standard InChI is InChI=1S/C20H26N2O2/c1-2-13-6-5-11-22-12-14(9-10-17(23)24)18-15-7-3-4-8-16(15)21-19(18)20(13)22/h3-4,7-8,13-14,20-21H,2,5-6,9-12H2,1H3,(H,23,24)/t13-,14?,20?/m1/s1. The van der Waals surface area contributed by atoms with Crippen LogP contribution in [0.15, 0.2) is 24.3 Å². The number of aliphatic carboxylic acids is 1. The molecule has 3 heterocycles. The number of piperidine rings is 1. The first-order chi connectivity index (χ1) is 11.7. The Kier molecular flexibility index (Phi) is 4.09. The highest BCUT2D eigenvalue weighted by molar-refractivity contribution is 5.86. The van der Waals surface area contributed by atoms with Crippen LogP contribution in [0.2, 0.25) is 0 Å². The van der Waals surface area contributed by atoms with Crippen molar-refractivity contribution >= 4 is 16.9 Å². The quantitative estimate of drug-likeness (QED) is 0.881. The first kappa shape index (κ1) is 15.7. The molecule has 2 unspecified atom stereocenters. The highest BCUT2D eigenvalue weighted by atomic mass is 16.4. The number of hydrogen-bond acceptors (Lipinski definition) is 2. The van der Waals surface area contributed by atoms with Crippen LogP contribution in [-0.2, 0) is 4.79 Å². The summed E-state index contributed by atoms with van der Waals surface area (Å²) in [7, 11) is 0.